The highest BCUT2D eigenvalue weighted by molar-refractivity contribution is 5.81. The van der Waals surface area contributed by atoms with Gasteiger partial charge in [0, 0.05) is 24.3 Å². The van der Waals surface area contributed by atoms with Gasteiger partial charge in [0.2, 0.25) is 5.95 Å². The normalized spacial score (nSPS) is 10.4. The summed E-state index contributed by atoms with van der Waals surface area (Å²) >= 11 is 0. The quantitative estimate of drug-likeness (QED) is 0.494. The van der Waals surface area contributed by atoms with Gasteiger partial charge in [-0.1, -0.05) is 24.3 Å². The molecule has 0 aliphatic rings. The third-order valence-corrected chi connectivity index (χ3v) is 2.96. The Morgan fingerprint density at radius 3 is 2.80 bits per heavy atom. The number of nitrogens with one attached hydrogen (secondary N) is 2. The number of rotatable bonds is 4. The highest BCUT2D eigenvalue weighted by Gasteiger charge is 2.02. The van der Waals surface area contributed by atoms with Gasteiger partial charge < -0.3 is 5.32 Å². The molecule has 3 aromatic rings. The molecule has 100 valence electrons. The van der Waals surface area contributed by atoms with Crippen molar-refractivity contribution in [3.05, 3.63) is 54.4 Å². The lowest BCUT2D eigenvalue weighted by Gasteiger charge is -2.08. The first-order valence-electron chi connectivity index (χ1n) is 6.23. The van der Waals surface area contributed by atoms with Gasteiger partial charge in [-0.05, 0) is 17.7 Å². The first-order valence-corrected chi connectivity index (χ1v) is 6.23. The van der Waals surface area contributed by atoms with Gasteiger partial charge in [-0.25, -0.2) is 10.8 Å². The van der Waals surface area contributed by atoms with E-state index in [1.54, 1.807) is 18.5 Å². The van der Waals surface area contributed by atoms with E-state index >= 15 is 0 Å². The number of pyridine rings is 1. The van der Waals surface area contributed by atoms with E-state index in [1.807, 2.05) is 30.3 Å². The fraction of sp³-hybridized carbons (Fsp3) is 0.0714. The Kier molecular flexibility index (Phi) is 3.38. The maximum Gasteiger partial charge on any atom is 0.239 e. The van der Waals surface area contributed by atoms with Gasteiger partial charge in [0.15, 0.2) is 0 Å². The summed E-state index contributed by atoms with van der Waals surface area (Å²) in [6.07, 6.45) is 3.44. The highest BCUT2D eigenvalue weighted by atomic mass is 15.3. The maximum absolute atomic E-state index is 5.29. The summed E-state index contributed by atoms with van der Waals surface area (Å²) in [5, 5.41) is 4.37. The van der Waals surface area contributed by atoms with Crippen molar-refractivity contribution in [2.24, 2.45) is 5.84 Å². The number of nitrogen functional groups attached to an aromatic ring is 1. The summed E-state index contributed by atoms with van der Waals surface area (Å²) in [4.78, 5) is 12.6. The van der Waals surface area contributed by atoms with Crippen LogP contribution < -0.4 is 16.6 Å². The van der Waals surface area contributed by atoms with E-state index in [2.05, 4.69) is 25.7 Å². The van der Waals surface area contributed by atoms with Crippen LogP contribution in [0.2, 0.25) is 0 Å². The molecule has 6 heteroatoms. The zero-order valence-electron chi connectivity index (χ0n) is 10.7. The fourth-order valence-corrected chi connectivity index (χ4v) is 2.02. The lowest BCUT2D eigenvalue weighted by molar-refractivity contribution is 1.07. The van der Waals surface area contributed by atoms with Crippen molar-refractivity contribution < 1.29 is 0 Å². The van der Waals surface area contributed by atoms with Crippen LogP contribution in [0, 0.1) is 0 Å². The Hall–Kier alpha value is -2.73. The lowest BCUT2D eigenvalue weighted by atomic mass is 10.1. The summed E-state index contributed by atoms with van der Waals surface area (Å²) in [5.41, 5.74) is 4.53. The van der Waals surface area contributed by atoms with Crippen LogP contribution in [0.1, 0.15) is 5.56 Å². The molecule has 0 fully saturated rings. The number of nitrogens with two attached hydrogens (primary N) is 1. The molecule has 1 aromatic carbocycles. The first-order chi connectivity index (χ1) is 9.86. The molecular formula is C14H14N6. The van der Waals surface area contributed by atoms with Gasteiger partial charge in [-0.3, -0.25) is 10.4 Å². The van der Waals surface area contributed by atoms with E-state index in [9.17, 15) is 0 Å². The Morgan fingerprint density at radius 1 is 1.00 bits per heavy atom. The summed E-state index contributed by atoms with van der Waals surface area (Å²) in [7, 11) is 0. The first kappa shape index (κ1) is 12.3. The minimum absolute atomic E-state index is 0.381. The molecule has 0 bridgehead atoms. The number of benzene rings is 1. The standard InChI is InChI=1S/C14H14N6/c15-20-14-17-8-6-12(19-14)18-9-11-4-1-3-10-5-2-7-16-13(10)11/h1-8H,9,15H2,(H2,17,18,19,20). The van der Waals surface area contributed by atoms with Crippen LogP contribution in [0.3, 0.4) is 0 Å². The number of fused-ring (bicyclic) bond motifs is 1. The summed E-state index contributed by atoms with van der Waals surface area (Å²) in [5.74, 6) is 6.38. The largest absolute Gasteiger partial charge is 0.366 e. The van der Waals surface area contributed by atoms with Crippen molar-refractivity contribution in [3.8, 4) is 0 Å². The minimum atomic E-state index is 0.381. The van der Waals surface area contributed by atoms with E-state index in [0.717, 1.165) is 16.5 Å². The summed E-state index contributed by atoms with van der Waals surface area (Å²) in [6, 6.07) is 11.9. The summed E-state index contributed by atoms with van der Waals surface area (Å²) in [6.45, 7) is 0.634. The monoisotopic (exact) mass is 266 g/mol. The number of anilines is 2. The second-order valence-corrected chi connectivity index (χ2v) is 4.26. The topological polar surface area (TPSA) is 88.8 Å². The van der Waals surface area contributed by atoms with Crippen molar-refractivity contribution in [1.82, 2.24) is 15.0 Å². The minimum Gasteiger partial charge on any atom is -0.366 e. The smallest absolute Gasteiger partial charge is 0.239 e. The molecule has 0 radical (unpaired) electrons. The lowest BCUT2D eigenvalue weighted by Crippen LogP contribution is -2.11. The number of nitrogens with zero attached hydrogens (tertiary/aromatic N) is 3. The predicted octanol–water partition coefficient (Wildman–Crippen LogP) is 1.92. The zero-order valence-corrected chi connectivity index (χ0v) is 10.7. The third-order valence-electron chi connectivity index (χ3n) is 2.96. The SMILES string of the molecule is NNc1nccc(NCc2cccc3cccnc23)n1. The van der Waals surface area contributed by atoms with Crippen LogP contribution in [0.25, 0.3) is 10.9 Å². The second-order valence-electron chi connectivity index (χ2n) is 4.26. The van der Waals surface area contributed by atoms with Crippen LogP contribution in [-0.2, 0) is 6.54 Å². The average Bonchev–Trinajstić information content (AvgIpc) is 2.53. The van der Waals surface area contributed by atoms with Crippen LogP contribution in [-0.4, -0.2) is 15.0 Å². The van der Waals surface area contributed by atoms with Crippen molar-refractivity contribution in [2.45, 2.75) is 6.54 Å². The van der Waals surface area contributed by atoms with E-state index in [0.29, 0.717) is 18.3 Å². The van der Waals surface area contributed by atoms with Gasteiger partial charge in [0.1, 0.15) is 5.82 Å². The summed E-state index contributed by atoms with van der Waals surface area (Å²) < 4.78 is 0. The molecule has 0 amide bonds. The zero-order chi connectivity index (χ0) is 13.8. The molecule has 4 N–H and O–H groups in total. The number of aromatic nitrogens is 3. The van der Waals surface area contributed by atoms with Crippen molar-refractivity contribution in [3.63, 3.8) is 0 Å². The van der Waals surface area contributed by atoms with Gasteiger partial charge in [0.05, 0.1) is 5.52 Å². The van der Waals surface area contributed by atoms with Crippen LogP contribution >= 0.6 is 0 Å². The van der Waals surface area contributed by atoms with Crippen LogP contribution in [0.4, 0.5) is 11.8 Å². The molecule has 0 saturated carbocycles. The molecular weight excluding hydrogens is 252 g/mol. The number of hydrazine groups is 1. The van der Waals surface area contributed by atoms with Gasteiger partial charge >= 0.3 is 0 Å². The molecule has 0 spiro atoms. The Labute approximate surface area is 116 Å². The van der Waals surface area contributed by atoms with Crippen LogP contribution in [0.5, 0.6) is 0 Å². The van der Waals surface area contributed by atoms with Gasteiger partial charge in [0.25, 0.3) is 0 Å². The molecule has 0 aliphatic carbocycles. The van der Waals surface area contributed by atoms with E-state index in [1.165, 1.54) is 0 Å². The van der Waals surface area contributed by atoms with E-state index in [4.69, 9.17) is 5.84 Å². The molecule has 0 aliphatic heterocycles. The Bertz CT molecular complexity index is 722. The van der Waals surface area contributed by atoms with Gasteiger partial charge in [-0.2, -0.15) is 4.98 Å². The molecule has 20 heavy (non-hydrogen) atoms. The second kappa shape index (κ2) is 5.50. The third kappa shape index (κ3) is 2.50. The molecule has 2 heterocycles. The number of hydrogen-bond donors (Lipinski definition) is 3. The average molecular weight is 266 g/mol. The van der Waals surface area contributed by atoms with Gasteiger partial charge in [-0.15, -0.1) is 0 Å². The fourth-order valence-electron chi connectivity index (χ4n) is 2.02. The maximum atomic E-state index is 5.29. The van der Waals surface area contributed by atoms with Crippen molar-refractivity contribution in [1.29, 1.82) is 0 Å². The van der Waals surface area contributed by atoms with Crippen molar-refractivity contribution >= 4 is 22.7 Å². The molecule has 3 rings (SSSR count). The molecule has 6 nitrogen and oxygen atoms in total. The Balaban J connectivity index is 1.83. The highest BCUT2D eigenvalue weighted by Crippen LogP contribution is 2.17. The molecule has 0 unspecified atom stereocenters. The number of para-hydroxylation sites is 1. The molecule has 2 aromatic heterocycles. The van der Waals surface area contributed by atoms with Crippen LogP contribution in [0.15, 0.2) is 48.8 Å². The Morgan fingerprint density at radius 2 is 1.90 bits per heavy atom. The molecule has 0 atom stereocenters. The predicted molar refractivity (Wildman–Crippen MR) is 78.9 cm³/mol. The van der Waals surface area contributed by atoms with Crippen molar-refractivity contribution in [2.75, 3.05) is 10.7 Å². The number of hydrogen-bond acceptors (Lipinski definition) is 6. The molecule has 0 saturated heterocycles. The van der Waals surface area contributed by atoms with E-state index in [-0.39, 0.29) is 0 Å². The van der Waals surface area contributed by atoms with E-state index < -0.39 is 0 Å².